The molecule has 0 amide bonds. The van der Waals surface area contributed by atoms with Crippen LogP contribution < -0.4 is 4.74 Å². The highest BCUT2D eigenvalue weighted by Gasteiger charge is 2.09. The van der Waals surface area contributed by atoms with Crippen LogP contribution in [0.5, 0.6) is 5.75 Å². The fourth-order valence-corrected chi connectivity index (χ4v) is 1.69. The Kier molecular flexibility index (Phi) is 4.07. The fourth-order valence-electron chi connectivity index (χ4n) is 1.69. The molecule has 0 atom stereocenters. The number of tetrazole rings is 1. The van der Waals surface area contributed by atoms with Crippen LogP contribution in [0.2, 0.25) is 0 Å². The van der Waals surface area contributed by atoms with E-state index in [2.05, 4.69) is 15.5 Å². The maximum Gasteiger partial charge on any atom is 0.305 e. The summed E-state index contributed by atoms with van der Waals surface area (Å²) in [6, 6.07) is 7.59. The van der Waals surface area contributed by atoms with Crippen LogP contribution in [0, 0.1) is 0 Å². The van der Waals surface area contributed by atoms with Crippen LogP contribution in [0.1, 0.15) is 17.8 Å². The predicted molar refractivity (Wildman–Crippen MR) is 65.9 cm³/mol. The van der Waals surface area contributed by atoms with Crippen LogP contribution in [-0.2, 0) is 17.8 Å². The van der Waals surface area contributed by atoms with Gasteiger partial charge in [-0.3, -0.25) is 4.79 Å². The Morgan fingerprint density at radius 3 is 3.05 bits per heavy atom. The largest absolute Gasteiger partial charge is 0.497 e. The van der Waals surface area contributed by atoms with Crippen molar-refractivity contribution in [3.8, 4) is 5.75 Å². The van der Waals surface area contributed by atoms with Gasteiger partial charge in [-0.15, -0.1) is 5.10 Å². The van der Waals surface area contributed by atoms with Crippen molar-refractivity contribution >= 4 is 5.97 Å². The predicted octanol–water partition coefficient (Wildman–Crippen LogP) is 0.747. The lowest BCUT2D eigenvalue weighted by molar-refractivity contribution is -0.137. The standard InChI is InChI=1S/C12H14N4O3/c1-19-10-4-2-3-9(7-10)8-11-13-14-15-16(11)6-5-12(17)18/h2-4,7H,5-6,8H2,1H3,(H,17,18). The van der Waals surface area contributed by atoms with E-state index in [1.54, 1.807) is 7.11 Å². The van der Waals surface area contributed by atoms with Gasteiger partial charge in [0.15, 0.2) is 5.82 Å². The SMILES string of the molecule is COc1cccc(Cc2nnnn2CCC(=O)O)c1. The molecule has 7 nitrogen and oxygen atoms in total. The molecule has 0 fully saturated rings. The normalized spacial score (nSPS) is 10.4. The van der Waals surface area contributed by atoms with Crippen LogP contribution in [0.25, 0.3) is 0 Å². The molecular weight excluding hydrogens is 248 g/mol. The molecule has 0 aliphatic rings. The van der Waals surface area contributed by atoms with Crippen molar-refractivity contribution in [2.75, 3.05) is 7.11 Å². The highest BCUT2D eigenvalue weighted by molar-refractivity contribution is 5.66. The van der Waals surface area contributed by atoms with Crippen molar-refractivity contribution in [3.05, 3.63) is 35.7 Å². The Morgan fingerprint density at radius 1 is 1.47 bits per heavy atom. The Balaban J connectivity index is 2.10. The molecule has 100 valence electrons. The molecule has 2 rings (SSSR count). The first-order valence-electron chi connectivity index (χ1n) is 5.79. The van der Waals surface area contributed by atoms with Gasteiger partial charge in [0.05, 0.1) is 20.1 Å². The van der Waals surface area contributed by atoms with Gasteiger partial charge in [-0.1, -0.05) is 12.1 Å². The Bertz CT molecular complexity index is 568. The van der Waals surface area contributed by atoms with Crippen molar-refractivity contribution in [1.82, 2.24) is 20.2 Å². The summed E-state index contributed by atoms with van der Waals surface area (Å²) < 4.78 is 6.65. The Morgan fingerprint density at radius 2 is 2.32 bits per heavy atom. The second kappa shape index (κ2) is 5.94. The molecular formula is C12H14N4O3. The van der Waals surface area contributed by atoms with Crippen LogP contribution in [0.15, 0.2) is 24.3 Å². The summed E-state index contributed by atoms with van der Waals surface area (Å²) in [5.41, 5.74) is 1.01. The molecule has 1 heterocycles. The van der Waals surface area contributed by atoms with E-state index < -0.39 is 5.97 Å². The average Bonchev–Trinajstić information content (AvgIpc) is 2.84. The maximum atomic E-state index is 10.5. The van der Waals surface area contributed by atoms with E-state index in [9.17, 15) is 4.79 Å². The van der Waals surface area contributed by atoms with E-state index in [0.29, 0.717) is 12.2 Å². The molecule has 0 saturated heterocycles. The number of nitrogens with zero attached hydrogens (tertiary/aromatic N) is 4. The first-order valence-corrected chi connectivity index (χ1v) is 5.79. The third kappa shape index (κ3) is 3.51. The van der Waals surface area contributed by atoms with Gasteiger partial charge in [-0.05, 0) is 28.1 Å². The third-order valence-corrected chi connectivity index (χ3v) is 2.64. The van der Waals surface area contributed by atoms with Crippen molar-refractivity contribution in [1.29, 1.82) is 0 Å². The van der Waals surface area contributed by atoms with Gasteiger partial charge in [0, 0.05) is 6.42 Å². The van der Waals surface area contributed by atoms with Crippen molar-refractivity contribution in [3.63, 3.8) is 0 Å². The molecule has 0 radical (unpaired) electrons. The van der Waals surface area contributed by atoms with Gasteiger partial charge in [0.2, 0.25) is 0 Å². The highest BCUT2D eigenvalue weighted by Crippen LogP contribution is 2.15. The van der Waals surface area contributed by atoms with Crippen LogP contribution in [0.3, 0.4) is 0 Å². The van der Waals surface area contributed by atoms with E-state index in [4.69, 9.17) is 9.84 Å². The lowest BCUT2D eigenvalue weighted by Gasteiger charge is -2.05. The van der Waals surface area contributed by atoms with Gasteiger partial charge in [0.1, 0.15) is 5.75 Å². The zero-order chi connectivity index (χ0) is 13.7. The second-order valence-corrected chi connectivity index (χ2v) is 3.99. The maximum absolute atomic E-state index is 10.5. The molecule has 7 heteroatoms. The summed E-state index contributed by atoms with van der Waals surface area (Å²) >= 11 is 0. The number of rotatable bonds is 6. The van der Waals surface area contributed by atoms with Gasteiger partial charge in [-0.25, -0.2) is 4.68 Å². The number of hydrogen-bond acceptors (Lipinski definition) is 5. The van der Waals surface area contributed by atoms with Gasteiger partial charge in [0.25, 0.3) is 0 Å². The number of aliphatic carboxylic acids is 1. The topological polar surface area (TPSA) is 90.1 Å². The minimum atomic E-state index is -0.872. The first-order chi connectivity index (χ1) is 9.19. The van der Waals surface area contributed by atoms with Crippen LogP contribution >= 0.6 is 0 Å². The Labute approximate surface area is 109 Å². The smallest absolute Gasteiger partial charge is 0.305 e. The molecule has 0 saturated carbocycles. The van der Waals surface area contributed by atoms with Crippen molar-refractivity contribution in [2.24, 2.45) is 0 Å². The van der Waals surface area contributed by atoms with E-state index in [1.165, 1.54) is 4.68 Å². The summed E-state index contributed by atoms with van der Waals surface area (Å²) in [6.07, 6.45) is 0.528. The molecule has 0 aliphatic heterocycles. The minimum Gasteiger partial charge on any atom is -0.497 e. The lowest BCUT2D eigenvalue weighted by Crippen LogP contribution is -2.10. The number of methoxy groups -OCH3 is 1. The minimum absolute atomic E-state index is 0.00382. The second-order valence-electron chi connectivity index (χ2n) is 3.99. The van der Waals surface area contributed by atoms with Gasteiger partial charge in [-0.2, -0.15) is 0 Å². The molecule has 0 spiro atoms. The zero-order valence-corrected chi connectivity index (χ0v) is 10.5. The molecule has 0 aliphatic carbocycles. The summed E-state index contributed by atoms with van der Waals surface area (Å²) in [6.45, 7) is 0.266. The third-order valence-electron chi connectivity index (χ3n) is 2.64. The molecule has 0 unspecified atom stereocenters. The van der Waals surface area contributed by atoms with E-state index >= 15 is 0 Å². The molecule has 1 aromatic carbocycles. The number of carbonyl (C=O) groups is 1. The lowest BCUT2D eigenvalue weighted by atomic mass is 10.1. The molecule has 0 bridgehead atoms. The fraction of sp³-hybridized carbons (Fsp3) is 0.333. The number of carboxylic acid groups (broad SMARTS) is 1. The Hall–Kier alpha value is -2.44. The highest BCUT2D eigenvalue weighted by atomic mass is 16.5. The molecule has 1 aromatic heterocycles. The number of benzene rings is 1. The van der Waals surface area contributed by atoms with E-state index in [1.807, 2.05) is 24.3 Å². The number of aromatic nitrogens is 4. The van der Waals surface area contributed by atoms with Gasteiger partial charge >= 0.3 is 5.97 Å². The molecule has 19 heavy (non-hydrogen) atoms. The first kappa shape index (κ1) is 13.0. The summed E-state index contributed by atoms with van der Waals surface area (Å²) in [7, 11) is 1.61. The van der Waals surface area contributed by atoms with E-state index in [0.717, 1.165) is 11.3 Å². The van der Waals surface area contributed by atoms with Gasteiger partial charge < -0.3 is 9.84 Å². The number of carboxylic acids is 1. The monoisotopic (exact) mass is 262 g/mol. The van der Waals surface area contributed by atoms with E-state index in [-0.39, 0.29) is 13.0 Å². The number of hydrogen-bond donors (Lipinski definition) is 1. The van der Waals surface area contributed by atoms with Crippen molar-refractivity contribution < 1.29 is 14.6 Å². The van der Waals surface area contributed by atoms with Crippen LogP contribution in [0.4, 0.5) is 0 Å². The summed E-state index contributed by atoms with van der Waals surface area (Å²) in [4.78, 5) is 10.5. The molecule has 1 N–H and O–H groups in total. The zero-order valence-electron chi connectivity index (χ0n) is 10.5. The number of aryl methyl sites for hydroxylation is 1. The summed E-state index contributed by atoms with van der Waals surface area (Å²) in [5, 5.41) is 19.9. The molecule has 2 aromatic rings. The van der Waals surface area contributed by atoms with Crippen molar-refractivity contribution in [2.45, 2.75) is 19.4 Å². The number of ether oxygens (including phenoxy) is 1. The summed E-state index contributed by atoms with van der Waals surface area (Å²) in [5.74, 6) is 0.527. The quantitative estimate of drug-likeness (QED) is 0.826. The van der Waals surface area contributed by atoms with Crippen LogP contribution in [-0.4, -0.2) is 38.4 Å². The average molecular weight is 262 g/mol.